The summed E-state index contributed by atoms with van der Waals surface area (Å²) in [7, 11) is 3.46. The molecule has 21 heavy (non-hydrogen) atoms. The summed E-state index contributed by atoms with van der Waals surface area (Å²) in [5, 5.41) is 5.89. The van der Waals surface area contributed by atoms with Gasteiger partial charge in [-0.2, -0.15) is 0 Å². The molecular weight excluding hydrogens is 336 g/mol. The van der Waals surface area contributed by atoms with E-state index in [1.165, 1.54) is 0 Å². The molecule has 0 fully saturated rings. The molecule has 0 aliphatic carbocycles. The summed E-state index contributed by atoms with van der Waals surface area (Å²) in [4.78, 5) is 11.7. The van der Waals surface area contributed by atoms with E-state index in [-0.39, 0.29) is 12.5 Å². The fraction of sp³-hybridized carbons (Fsp3) is 0.533. The number of carbonyl (C=O) groups is 1. The van der Waals surface area contributed by atoms with Crippen LogP contribution < -0.4 is 20.1 Å². The highest BCUT2D eigenvalue weighted by Crippen LogP contribution is 2.36. The van der Waals surface area contributed by atoms with Crippen LogP contribution in [0.2, 0.25) is 0 Å². The first-order chi connectivity index (χ1) is 9.97. The number of hydrogen-bond acceptors (Lipinski definition) is 4. The van der Waals surface area contributed by atoms with Gasteiger partial charge in [-0.3, -0.25) is 4.79 Å². The van der Waals surface area contributed by atoms with Crippen LogP contribution in [-0.4, -0.2) is 33.2 Å². The summed E-state index contributed by atoms with van der Waals surface area (Å²) in [5.74, 6) is 1.41. The minimum Gasteiger partial charge on any atom is -0.493 e. The highest BCUT2D eigenvalue weighted by atomic mass is 79.9. The van der Waals surface area contributed by atoms with E-state index < -0.39 is 0 Å². The second-order valence-corrected chi connectivity index (χ2v) is 5.98. The fourth-order valence-electron chi connectivity index (χ4n) is 1.73. The first-order valence-corrected chi connectivity index (χ1v) is 7.67. The van der Waals surface area contributed by atoms with Gasteiger partial charge in [0.1, 0.15) is 0 Å². The number of rotatable bonds is 8. The standard InChI is InChI=1S/C15H23BrN2O3/c1-10(2)7-18-14(19)9-21-15-12(16)5-11(8-17-3)6-13(15)20-4/h5-6,10,17H,7-9H2,1-4H3,(H,18,19). The monoisotopic (exact) mass is 358 g/mol. The van der Waals surface area contributed by atoms with Crippen molar-refractivity contribution in [2.45, 2.75) is 20.4 Å². The maximum atomic E-state index is 11.7. The summed E-state index contributed by atoms with van der Waals surface area (Å²) in [6.07, 6.45) is 0. The second kappa shape index (κ2) is 8.89. The number of benzene rings is 1. The Morgan fingerprint density at radius 3 is 2.67 bits per heavy atom. The van der Waals surface area contributed by atoms with Crippen LogP contribution in [0.3, 0.4) is 0 Å². The number of ether oxygens (including phenoxy) is 2. The van der Waals surface area contributed by atoms with Gasteiger partial charge in [-0.05, 0) is 46.6 Å². The van der Waals surface area contributed by atoms with Crippen LogP contribution in [0.15, 0.2) is 16.6 Å². The molecule has 118 valence electrons. The number of carbonyl (C=O) groups excluding carboxylic acids is 1. The summed E-state index contributed by atoms with van der Waals surface area (Å²) in [6.45, 7) is 5.42. The van der Waals surface area contributed by atoms with Crippen molar-refractivity contribution in [1.29, 1.82) is 0 Å². The maximum absolute atomic E-state index is 11.7. The molecule has 1 rings (SSSR count). The third-order valence-electron chi connectivity index (χ3n) is 2.73. The Labute approximate surface area is 134 Å². The van der Waals surface area contributed by atoms with Crippen molar-refractivity contribution in [3.8, 4) is 11.5 Å². The van der Waals surface area contributed by atoms with Gasteiger partial charge in [-0.1, -0.05) is 13.8 Å². The molecule has 5 nitrogen and oxygen atoms in total. The first kappa shape index (κ1) is 17.8. The van der Waals surface area contributed by atoms with Crippen molar-refractivity contribution in [1.82, 2.24) is 10.6 Å². The molecule has 6 heteroatoms. The van der Waals surface area contributed by atoms with Crippen molar-refractivity contribution in [2.75, 3.05) is 27.3 Å². The molecular formula is C15H23BrN2O3. The molecule has 0 atom stereocenters. The number of nitrogens with one attached hydrogen (secondary N) is 2. The molecule has 0 aromatic heterocycles. The van der Waals surface area contributed by atoms with Crippen LogP contribution in [0.25, 0.3) is 0 Å². The number of hydrogen-bond donors (Lipinski definition) is 2. The smallest absolute Gasteiger partial charge is 0.257 e. The molecule has 0 radical (unpaired) electrons. The van der Waals surface area contributed by atoms with Crippen LogP contribution in [0, 0.1) is 5.92 Å². The minimum atomic E-state index is -0.142. The number of methoxy groups -OCH3 is 1. The van der Waals surface area contributed by atoms with Gasteiger partial charge in [0.15, 0.2) is 18.1 Å². The van der Waals surface area contributed by atoms with Gasteiger partial charge in [-0.25, -0.2) is 0 Å². The summed E-state index contributed by atoms with van der Waals surface area (Å²) in [5.41, 5.74) is 1.07. The first-order valence-electron chi connectivity index (χ1n) is 6.88. The molecule has 1 aromatic carbocycles. The molecule has 1 aromatic rings. The van der Waals surface area contributed by atoms with E-state index in [0.29, 0.717) is 24.0 Å². The lowest BCUT2D eigenvalue weighted by Crippen LogP contribution is -2.31. The molecule has 0 saturated carbocycles. The van der Waals surface area contributed by atoms with Gasteiger partial charge in [-0.15, -0.1) is 0 Å². The summed E-state index contributed by atoms with van der Waals surface area (Å²) >= 11 is 3.46. The Balaban J connectivity index is 2.71. The van der Waals surface area contributed by atoms with Gasteiger partial charge in [0.2, 0.25) is 0 Å². The molecule has 0 spiro atoms. The van der Waals surface area contributed by atoms with Crippen molar-refractivity contribution in [3.05, 3.63) is 22.2 Å². The highest BCUT2D eigenvalue weighted by molar-refractivity contribution is 9.10. The number of amides is 1. The maximum Gasteiger partial charge on any atom is 0.257 e. The van der Waals surface area contributed by atoms with Crippen LogP contribution in [0.5, 0.6) is 11.5 Å². The summed E-state index contributed by atoms with van der Waals surface area (Å²) in [6, 6.07) is 3.84. The van der Waals surface area contributed by atoms with Crippen LogP contribution in [0.1, 0.15) is 19.4 Å². The van der Waals surface area contributed by atoms with Crippen molar-refractivity contribution >= 4 is 21.8 Å². The molecule has 0 saturated heterocycles. The average molecular weight is 359 g/mol. The molecule has 2 N–H and O–H groups in total. The Kier molecular flexibility index (Phi) is 7.53. The third-order valence-corrected chi connectivity index (χ3v) is 3.31. The average Bonchev–Trinajstić information content (AvgIpc) is 2.43. The number of halogens is 1. The Morgan fingerprint density at radius 2 is 2.10 bits per heavy atom. The fourth-order valence-corrected chi connectivity index (χ4v) is 2.33. The second-order valence-electron chi connectivity index (χ2n) is 5.13. The van der Waals surface area contributed by atoms with E-state index in [4.69, 9.17) is 9.47 Å². The lowest BCUT2D eigenvalue weighted by atomic mass is 10.2. The van der Waals surface area contributed by atoms with E-state index in [9.17, 15) is 4.79 Å². The van der Waals surface area contributed by atoms with E-state index in [1.54, 1.807) is 7.11 Å². The minimum absolute atomic E-state index is 0.0347. The van der Waals surface area contributed by atoms with Gasteiger partial charge < -0.3 is 20.1 Å². The van der Waals surface area contributed by atoms with Crippen molar-refractivity contribution < 1.29 is 14.3 Å². The molecule has 0 heterocycles. The van der Waals surface area contributed by atoms with E-state index >= 15 is 0 Å². The Morgan fingerprint density at radius 1 is 1.38 bits per heavy atom. The Bertz CT molecular complexity index is 478. The van der Waals surface area contributed by atoms with Crippen LogP contribution in [-0.2, 0) is 11.3 Å². The van der Waals surface area contributed by atoms with Gasteiger partial charge >= 0.3 is 0 Å². The summed E-state index contributed by atoms with van der Waals surface area (Å²) < 4.78 is 11.7. The molecule has 0 aliphatic heterocycles. The van der Waals surface area contributed by atoms with E-state index in [0.717, 1.165) is 16.6 Å². The molecule has 0 unspecified atom stereocenters. The topological polar surface area (TPSA) is 59.6 Å². The largest absolute Gasteiger partial charge is 0.493 e. The van der Waals surface area contributed by atoms with Crippen LogP contribution in [0.4, 0.5) is 0 Å². The zero-order chi connectivity index (χ0) is 15.8. The van der Waals surface area contributed by atoms with Crippen molar-refractivity contribution in [2.24, 2.45) is 5.92 Å². The van der Waals surface area contributed by atoms with Gasteiger partial charge in [0.05, 0.1) is 11.6 Å². The third kappa shape index (κ3) is 5.93. The SMILES string of the molecule is CNCc1cc(Br)c(OCC(=O)NCC(C)C)c(OC)c1. The predicted molar refractivity (Wildman–Crippen MR) is 86.8 cm³/mol. The van der Waals surface area contributed by atoms with E-state index in [2.05, 4.69) is 26.6 Å². The van der Waals surface area contributed by atoms with E-state index in [1.807, 2.05) is 33.0 Å². The lowest BCUT2D eigenvalue weighted by Gasteiger charge is -2.14. The molecule has 0 aliphatic rings. The highest BCUT2D eigenvalue weighted by Gasteiger charge is 2.13. The van der Waals surface area contributed by atoms with Gasteiger partial charge in [0.25, 0.3) is 5.91 Å². The van der Waals surface area contributed by atoms with Crippen LogP contribution >= 0.6 is 15.9 Å². The normalized spacial score (nSPS) is 10.6. The zero-order valence-corrected chi connectivity index (χ0v) is 14.5. The molecule has 0 bridgehead atoms. The van der Waals surface area contributed by atoms with Gasteiger partial charge in [0, 0.05) is 13.1 Å². The lowest BCUT2D eigenvalue weighted by molar-refractivity contribution is -0.123. The predicted octanol–water partition coefficient (Wildman–Crippen LogP) is 2.33. The van der Waals surface area contributed by atoms with Crippen molar-refractivity contribution in [3.63, 3.8) is 0 Å². The Hall–Kier alpha value is -1.27. The quantitative estimate of drug-likeness (QED) is 0.748. The zero-order valence-electron chi connectivity index (χ0n) is 13.0. The molecule has 1 amide bonds.